The van der Waals surface area contributed by atoms with Gasteiger partial charge in [0.15, 0.2) is 0 Å². The van der Waals surface area contributed by atoms with Crippen LogP contribution >= 0.6 is 11.6 Å². The summed E-state index contributed by atoms with van der Waals surface area (Å²) in [6.45, 7) is 0. The Morgan fingerprint density at radius 3 is 2.48 bits per heavy atom. The number of amides is 1. The third-order valence-electron chi connectivity index (χ3n) is 6.33. The lowest BCUT2D eigenvalue weighted by atomic mass is 9.94. The third-order valence-corrected chi connectivity index (χ3v) is 7.28. The Balaban J connectivity index is 1.59. The van der Waals surface area contributed by atoms with Gasteiger partial charge in [0.1, 0.15) is 0 Å². The van der Waals surface area contributed by atoms with Crippen LogP contribution in [-0.2, 0) is 21.2 Å². The number of halogens is 1. The molecule has 0 unspecified atom stereocenters. The van der Waals surface area contributed by atoms with E-state index in [0.717, 1.165) is 59.9 Å². The van der Waals surface area contributed by atoms with Crippen molar-refractivity contribution >= 4 is 33.1 Å². The van der Waals surface area contributed by atoms with E-state index in [4.69, 9.17) is 11.6 Å². The number of rotatable bonds is 8. The Kier molecular flexibility index (Phi) is 7.10. The average Bonchev–Trinajstić information content (AvgIpc) is 3.45. The van der Waals surface area contributed by atoms with Gasteiger partial charge in [-0.1, -0.05) is 48.7 Å². The molecule has 2 aromatic rings. The summed E-state index contributed by atoms with van der Waals surface area (Å²) >= 11 is 6.55. The summed E-state index contributed by atoms with van der Waals surface area (Å²) < 4.78 is 24.4. The zero-order chi connectivity index (χ0) is 23.6. The first-order chi connectivity index (χ1) is 15.7. The Bertz CT molecular complexity index is 1240. The van der Waals surface area contributed by atoms with Crippen LogP contribution in [0.25, 0.3) is 5.57 Å². The van der Waals surface area contributed by atoms with Crippen molar-refractivity contribution in [2.75, 3.05) is 6.26 Å². The number of carbonyl (C=O) groups is 1. The monoisotopic (exact) mass is 488 g/mol. The number of carbonyl (C=O) groups excluding carboxylic acids is 1. The van der Waals surface area contributed by atoms with E-state index in [2.05, 4.69) is 11.1 Å². The lowest BCUT2D eigenvalue weighted by Gasteiger charge is -2.14. The zero-order valence-corrected chi connectivity index (χ0v) is 20.3. The molecule has 2 fully saturated rings. The Labute approximate surface area is 199 Å². The molecule has 1 amide bonds. The Morgan fingerprint density at radius 1 is 1.15 bits per heavy atom. The standard InChI is InChI=1S/C25H29ClN2O4S/c1-33(31,32)28-24(29)13-10-18-8-9-19(15-22(18)26)21(14-16-4-2-3-5-16)23-12-11-20(17-6-7-17)25(30)27-23/h8-9,11-12,14-17H,2-7,10,13H2,1H3,(H,27,30)(H,28,29)/b21-14+. The van der Waals surface area contributed by atoms with Gasteiger partial charge in [-0.15, -0.1) is 0 Å². The van der Waals surface area contributed by atoms with Crippen molar-refractivity contribution in [1.82, 2.24) is 9.71 Å². The van der Waals surface area contributed by atoms with Gasteiger partial charge < -0.3 is 4.98 Å². The van der Waals surface area contributed by atoms with Gasteiger partial charge in [0, 0.05) is 28.3 Å². The number of aryl methyl sites for hydroxylation is 1. The van der Waals surface area contributed by atoms with Crippen LogP contribution in [0.2, 0.25) is 5.02 Å². The first-order valence-electron chi connectivity index (χ1n) is 11.4. The minimum Gasteiger partial charge on any atom is -0.322 e. The number of aromatic nitrogens is 1. The molecule has 2 aliphatic carbocycles. The molecule has 2 saturated carbocycles. The van der Waals surface area contributed by atoms with Gasteiger partial charge in [-0.3, -0.25) is 14.3 Å². The predicted molar refractivity (Wildman–Crippen MR) is 131 cm³/mol. The van der Waals surface area contributed by atoms with Crippen LogP contribution < -0.4 is 10.3 Å². The molecule has 2 N–H and O–H groups in total. The third kappa shape index (κ3) is 6.36. The quantitative estimate of drug-likeness (QED) is 0.570. The topological polar surface area (TPSA) is 96.1 Å². The molecule has 4 rings (SSSR count). The van der Waals surface area contributed by atoms with Gasteiger partial charge in [0.2, 0.25) is 15.9 Å². The van der Waals surface area contributed by atoms with E-state index in [1.165, 1.54) is 12.8 Å². The number of pyridine rings is 1. The molecule has 0 radical (unpaired) electrons. The first-order valence-corrected chi connectivity index (χ1v) is 13.7. The fraction of sp³-hybridized carbons (Fsp3) is 0.440. The van der Waals surface area contributed by atoms with E-state index in [1.807, 2.05) is 35.1 Å². The van der Waals surface area contributed by atoms with Crippen molar-refractivity contribution in [3.05, 3.63) is 74.2 Å². The van der Waals surface area contributed by atoms with Gasteiger partial charge in [-0.25, -0.2) is 8.42 Å². The van der Waals surface area contributed by atoms with Crippen LogP contribution in [0.5, 0.6) is 0 Å². The summed E-state index contributed by atoms with van der Waals surface area (Å²) in [5.74, 6) is 0.288. The molecule has 2 aliphatic rings. The second-order valence-electron chi connectivity index (χ2n) is 9.16. The maximum absolute atomic E-state index is 12.7. The van der Waals surface area contributed by atoms with E-state index in [0.29, 0.717) is 23.3 Å². The average molecular weight is 489 g/mol. The minimum absolute atomic E-state index is 0.0207. The molecule has 1 aromatic carbocycles. The highest BCUT2D eigenvalue weighted by Crippen LogP contribution is 2.39. The number of hydrogen-bond acceptors (Lipinski definition) is 4. The molecule has 1 heterocycles. The summed E-state index contributed by atoms with van der Waals surface area (Å²) in [5, 5.41) is 0.508. The maximum atomic E-state index is 12.7. The van der Waals surface area contributed by atoms with Gasteiger partial charge in [0.05, 0.1) is 6.26 Å². The van der Waals surface area contributed by atoms with Crippen molar-refractivity contribution in [3.63, 3.8) is 0 Å². The second kappa shape index (κ2) is 9.85. The number of benzene rings is 1. The van der Waals surface area contributed by atoms with E-state index in [-0.39, 0.29) is 12.0 Å². The van der Waals surface area contributed by atoms with Crippen molar-refractivity contribution in [3.8, 4) is 0 Å². The maximum Gasteiger partial charge on any atom is 0.251 e. The molecule has 0 saturated heterocycles. The lowest BCUT2D eigenvalue weighted by Crippen LogP contribution is -2.29. The molecule has 0 spiro atoms. The summed E-state index contributed by atoms with van der Waals surface area (Å²) in [5.41, 5.74) is 4.26. The number of allylic oxidation sites excluding steroid dienone is 1. The molecule has 0 aliphatic heterocycles. The fourth-order valence-corrected chi connectivity index (χ4v) is 5.27. The molecule has 33 heavy (non-hydrogen) atoms. The Morgan fingerprint density at radius 2 is 1.88 bits per heavy atom. The van der Waals surface area contributed by atoms with E-state index in [1.54, 1.807) is 0 Å². The predicted octanol–water partition coefficient (Wildman–Crippen LogP) is 4.54. The molecule has 176 valence electrons. The number of sulfonamides is 1. The molecule has 0 bridgehead atoms. The van der Waals surface area contributed by atoms with Gasteiger partial charge in [-0.05, 0) is 67.2 Å². The van der Waals surface area contributed by atoms with Crippen LogP contribution in [0.3, 0.4) is 0 Å². The van der Waals surface area contributed by atoms with Gasteiger partial charge in [0.25, 0.3) is 5.56 Å². The number of hydrogen-bond donors (Lipinski definition) is 2. The Hall–Kier alpha value is -2.38. The summed E-state index contributed by atoms with van der Waals surface area (Å²) in [4.78, 5) is 27.6. The fourth-order valence-electron chi connectivity index (χ4n) is 4.48. The van der Waals surface area contributed by atoms with Crippen molar-refractivity contribution in [1.29, 1.82) is 0 Å². The molecule has 8 heteroatoms. The molecule has 0 atom stereocenters. The molecule has 6 nitrogen and oxygen atoms in total. The smallest absolute Gasteiger partial charge is 0.251 e. The largest absolute Gasteiger partial charge is 0.322 e. The van der Waals surface area contributed by atoms with Crippen LogP contribution in [0.1, 0.15) is 73.2 Å². The summed E-state index contributed by atoms with van der Waals surface area (Å²) in [7, 11) is -3.58. The highest BCUT2D eigenvalue weighted by Gasteiger charge is 2.26. The zero-order valence-electron chi connectivity index (χ0n) is 18.7. The van der Waals surface area contributed by atoms with Crippen LogP contribution in [0.4, 0.5) is 0 Å². The second-order valence-corrected chi connectivity index (χ2v) is 11.3. The number of nitrogens with one attached hydrogen (secondary N) is 2. The number of H-pyrrole nitrogens is 1. The highest BCUT2D eigenvalue weighted by molar-refractivity contribution is 7.89. The van der Waals surface area contributed by atoms with Gasteiger partial charge in [-0.2, -0.15) is 0 Å². The van der Waals surface area contributed by atoms with E-state index >= 15 is 0 Å². The van der Waals surface area contributed by atoms with Crippen LogP contribution in [0, 0.1) is 5.92 Å². The lowest BCUT2D eigenvalue weighted by molar-refractivity contribution is -0.119. The van der Waals surface area contributed by atoms with Crippen molar-refractivity contribution < 1.29 is 13.2 Å². The van der Waals surface area contributed by atoms with Crippen LogP contribution in [-0.4, -0.2) is 25.6 Å². The molecule has 1 aromatic heterocycles. The van der Waals surface area contributed by atoms with Crippen molar-refractivity contribution in [2.45, 2.75) is 57.3 Å². The van der Waals surface area contributed by atoms with Gasteiger partial charge >= 0.3 is 0 Å². The van der Waals surface area contributed by atoms with Crippen LogP contribution in [0.15, 0.2) is 41.2 Å². The molecular weight excluding hydrogens is 460 g/mol. The van der Waals surface area contributed by atoms with Crippen molar-refractivity contribution in [2.24, 2.45) is 5.92 Å². The SMILES string of the molecule is CS(=O)(=O)NC(=O)CCc1ccc(/C(=C\C2CCCC2)c2ccc(C3CC3)c(=O)[nH]2)cc1Cl. The number of aromatic amines is 1. The summed E-state index contributed by atoms with van der Waals surface area (Å²) in [6.07, 6.45) is 10.4. The first kappa shape index (κ1) is 23.8. The minimum atomic E-state index is -3.58. The normalized spacial score (nSPS) is 17.3. The van der Waals surface area contributed by atoms with E-state index in [9.17, 15) is 18.0 Å². The summed E-state index contributed by atoms with van der Waals surface area (Å²) in [6, 6.07) is 9.62. The van der Waals surface area contributed by atoms with E-state index < -0.39 is 15.9 Å². The highest BCUT2D eigenvalue weighted by atomic mass is 35.5. The molecular formula is C25H29ClN2O4S.